The zero-order valence-electron chi connectivity index (χ0n) is 13.9. The predicted molar refractivity (Wildman–Crippen MR) is 94.6 cm³/mol. The molecule has 1 saturated heterocycles. The number of aromatic nitrogens is 1. The molecule has 0 spiro atoms. The number of likely N-dealkylation sites (tertiary alicyclic amines) is 1. The Bertz CT molecular complexity index is 575. The number of rotatable bonds is 3. The first-order valence-corrected chi connectivity index (χ1v) is 8.69. The van der Waals surface area contributed by atoms with Crippen molar-refractivity contribution < 1.29 is 19.4 Å². The summed E-state index contributed by atoms with van der Waals surface area (Å²) in [4.78, 5) is 17.3. The first-order valence-electron chi connectivity index (χ1n) is 7.61. The standard InChI is InChI=1S/C16H23IN2O4/c1-15(2,3)23-12-8-6-10-19(14(20)21)16(12,4)22-11-7-5-9-18-13(11)17/h5,7,9,12H,6,8,10H2,1-4H3,(H,20,21). The van der Waals surface area contributed by atoms with E-state index in [0.29, 0.717) is 16.0 Å². The lowest BCUT2D eigenvalue weighted by atomic mass is 9.95. The number of amides is 1. The maximum Gasteiger partial charge on any atom is 0.410 e. The fraction of sp³-hybridized carbons (Fsp3) is 0.625. The minimum Gasteiger partial charge on any atom is -0.465 e. The number of piperidine rings is 1. The largest absolute Gasteiger partial charge is 0.465 e. The van der Waals surface area contributed by atoms with Crippen LogP contribution in [0, 0.1) is 3.70 Å². The number of ether oxygens (including phenoxy) is 2. The lowest BCUT2D eigenvalue weighted by Crippen LogP contribution is -2.65. The third kappa shape index (κ3) is 4.26. The number of halogens is 1. The van der Waals surface area contributed by atoms with Gasteiger partial charge < -0.3 is 14.6 Å². The molecule has 1 aromatic rings. The van der Waals surface area contributed by atoms with Crippen LogP contribution in [0.25, 0.3) is 0 Å². The Kier molecular flexibility index (Phi) is 5.40. The molecule has 2 atom stereocenters. The van der Waals surface area contributed by atoms with Crippen LogP contribution < -0.4 is 4.74 Å². The maximum atomic E-state index is 11.7. The summed E-state index contributed by atoms with van der Waals surface area (Å²) in [5.41, 5.74) is -1.49. The van der Waals surface area contributed by atoms with E-state index in [0.717, 1.165) is 12.8 Å². The average Bonchev–Trinajstić information content (AvgIpc) is 2.42. The second kappa shape index (κ2) is 6.80. The van der Waals surface area contributed by atoms with Crippen LogP contribution in [0.1, 0.15) is 40.5 Å². The van der Waals surface area contributed by atoms with E-state index in [1.807, 2.05) is 20.8 Å². The van der Waals surface area contributed by atoms with Crippen molar-refractivity contribution >= 4 is 28.7 Å². The van der Waals surface area contributed by atoms with Crippen LogP contribution >= 0.6 is 22.6 Å². The van der Waals surface area contributed by atoms with Crippen LogP contribution in [0.4, 0.5) is 4.79 Å². The molecule has 0 bridgehead atoms. The molecule has 1 aliphatic heterocycles. The van der Waals surface area contributed by atoms with E-state index in [2.05, 4.69) is 27.6 Å². The fourth-order valence-corrected chi connectivity index (χ4v) is 3.22. The highest BCUT2D eigenvalue weighted by molar-refractivity contribution is 14.1. The average molecular weight is 434 g/mol. The molecule has 7 heteroatoms. The monoisotopic (exact) mass is 434 g/mol. The first-order chi connectivity index (χ1) is 10.6. The number of hydrogen-bond acceptors (Lipinski definition) is 4. The molecule has 1 N–H and O–H groups in total. The van der Waals surface area contributed by atoms with Crippen molar-refractivity contribution in [1.29, 1.82) is 0 Å². The Morgan fingerprint density at radius 2 is 2.22 bits per heavy atom. The van der Waals surface area contributed by atoms with Gasteiger partial charge in [0, 0.05) is 12.7 Å². The molecule has 2 heterocycles. The molecule has 1 aliphatic rings. The van der Waals surface area contributed by atoms with Crippen LogP contribution in [0.3, 0.4) is 0 Å². The number of carboxylic acid groups (broad SMARTS) is 1. The zero-order valence-corrected chi connectivity index (χ0v) is 16.0. The van der Waals surface area contributed by atoms with Gasteiger partial charge in [-0.1, -0.05) is 0 Å². The molecule has 128 valence electrons. The highest BCUT2D eigenvalue weighted by atomic mass is 127. The quantitative estimate of drug-likeness (QED) is 0.580. The third-order valence-electron chi connectivity index (χ3n) is 3.75. The summed E-state index contributed by atoms with van der Waals surface area (Å²) in [5.74, 6) is 0.561. The van der Waals surface area contributed by atoms with Gasteiger partial charge in [0.2, 0.25) is 5.72 Å². The Balaban J connectivity index is 2.38. The van der Waals surface area contributed by atoms with E-state index >= 15 is 0 Å². The van der Waals surface area contributed by atoms with Gasteiger partial charge in [-0.05, 0) is 75.3 Å². The van der Waals surface area contributed by atoms with Crippen molar-refractivity contribution in [2.45, 2.75) is 58.0 Å². The molecule has 2 unspecified atom stereocenters. The Morgan fingerprint density at radius 1 is 1.52 bits per heavy atom. The fourth-order valence-electron chi connectivity index (χ4n) is 2.77. The van der Waals surface area contributed by atoms with Gasteiger partial charge in [-0.15, -0.1) is 0 Å². The second-order valence-electron chi connectivity index (χ2n) is 6.74. The van der Waals surface area contributed by atoms with E-state index in [9.17, 15) is 9.90 Å². The Labute approximate surface area is 150 Å². The first kappa shape index (κ1) is 18.3. The van der Waals surface area contributed by atoms with Crippen molar-refractivity contribution in [3.63, 3.8) is 0 Å². The molecule has 0 saturated carbocycles. The van der Waals surface area contributed by atoms with Crippen molar-refractivity contribution in [3.05, 3.63) is 22.0 Å². The van der Waals surface area contributed by atoms with Gasteiger partial charge in [-0.2, -0.15) is 0 Å². The smallest absolute Gasteiger partial charge is 0.410 e. The van der Waals surface area contributed by atoms with Gasteiger partial charge in [0.1, 0.15) is 9.80 Å². The highest BCUT2D eigenvalue weighted by Crippen LogP contribution is 2.36. The molecule has 23 heavy (non-hydrogen) atoms. The lowest BCUT2D eigenvalue weighted by Gasteiger charge is -2.49. The molecule has 0 aromatic carbocycles. The van der Waals surface area contributed by atoms with Crippen LogP contribution in [-0.2, 0) is 4.74 Å². The second-order valence-corrected chi connectivity index (χ2v) is 7.77. The van der Waals surface area contributed by atoms with E-state index in [4.69, 9.17) is 9.47 Å². The summed E-state index contributed by atoms with van der Waals surface area (Å²) in [7, 11) is 0. The van der Waals surface area contributed by atoms with Gasteiger partial charge in [0.25, 0.3) is 0 Å². The van der Waals surface area contributed by atoms with Gasteiger partial charge in [-0.3, -0.25) is 4.90 Å². The minimum atomic E-state index is -1.10. The van der Waals surface area contributed by atoms with Gasteiger partial charge in [0.15, 0.2) is 5.75 Å². The molecule has 1 amide bonds. The molecule has 0 aliphatic carbocycles. The summed E-state index contributed by atoms with van der Waals surface area (Å²) in [6.07, 6.45) is 1.80. The van der Waals surface area contributed by atoms with Crippen LogP contribution in [0.15, 0.2) is 18.3 Å². The van der Waals surface area contributed by atoms with E-state index < -0.39 is 11.8 Å². The SMILES string of the molecule is CC(C)(C)OC1CCCN(C(=O)O)C1(C)Oc1cccnc1I. The summed E-state index contributed by atoms with van der Waals surface area (Å²) >= 11 is 2.08. The molecule has 2 rings (SSSR count). The Morgan fingerprint density at radius 3 is 2.78 bits per heavy atom. The number of hydrogen-bond donors (Lipinski definition) is 1. The topological polar surface area (TPSA) is 71.9 Å². The normalized spacial score (nSPS) is 25.3. The summed E-state index contributed by atoms with van der Waals surface area (Å²) in [6, 6.07) is 3.57. The molecule has 1 aromatic heterocycles. The number of carbonyl (C=O) groups is 1. The summed E-state index contributed by atoms with van der Waals surface area (Å²) in [5, 5.41) is 9.61. The highest BCUT2D eigenvalue weighted by Gasteiger charge is 2.49. The third-order valence-corrected chi connectivity index (χ3v) is 4.56. The minimum absolute atomic E-state index is 0.358. The predicted octanol–water partition coefficient (Wildman–Crippen LogP) is 3.74. The van der Waals surface area contributed by atoms with Crippen molar-refractivity contribution in [2.75, 3.05) is 6.54 Å². The van der Waals surface area contributed by atoms with E-state index in [-0.39, 0.29) is 11.7 Å². The lowest BCUT2D eigenvalue weighted by molar-refractivity contribution is -0.208. The van der Waals surface area contributed by atoms with Crippen LogP contribution in [0.2, 0.25) is 0 Å². The van der Waals surface area contributed by atoms with Crippen LogP contribution in [-0.4, -0.2) is 45.1 Å². The number of pyridine rings is 1. The zero-order chi connectivity index (χ0) is 17.3. The van der Waals surface area contributed by atoms with Gasteiger partial charge >= 0.3 is 6.09 Å². The maximum absolute atomic E-state index is 11.7. The van der Waals surface area contributed by atoms with Gasteiger partial charge in [-0.25, -0.2) is 9.78 Å². The summed E-state index contributed by atoms with van der Waals surface area (Å²) in [6.45, 7) is 8.08. The Hall–Kier alpha value is -1.09. The van der Waals surface area contributed by atoms with Crippen LogP contribution in [0.5, 0.6) is 5.75 Å². The molecule has 6 nitrogen and oxygen atoms in total. The van der Waals surface area contributed by atoms with Crippen molar-refractivity contribution in [2.24, 2.45) is 0 Å². The molecular weight excluding hydrogens is 411 g/mol. The van der Waals surface area contributed by atoms with Crippen molar-refractivity contribution in [3.8, 4) is 5.75 Å². The van der Waals surface area contributed by atoms with Gasteiger partial charge in [0.05, 0.1) is 5.60 Å². The van der Waals surface area contributed by atoms with E-state index in [1.54, 1.807) is 25.3 Å². The summed E-state index contributed by atoms with van der Waals surface area (Å²) < 4.78 is 13.0. The molecule has 0 radical (unpaired) electrons. The molecular formula is C16H23IN2O4. The van der Waals surface area contributed by atoms with E-state index in [1.165, 1.54) is 4.90 Å². The molecule has 1 fully saturated rings. The number of nitrogens with zero attached hydrogens (tertiary/aromatic N) is 2. The van der Waals surface area contributed by atoms with Crippen molar-refractivity contribution in [1.82, 2.24) is 9.88 Å².